The van der Waals surface area contributed by atoms with Crippen LogP contribution in [0.25, 0.3) is 0 Å². The van der Waals surface area contributed by atoms with E-state index in [4.69, 9.17) is 18.9 Å². The lowest BCUT2D eigenvalue weighted by Crippen LogP contribution is -2.51. The van der Waals surface area contributed by atoms with E-state index in [0.717, 1.165) is 22.3 Å². The first-order valence-electron chi connectivity index (χ1n) is 21.6. The summed E-state index contributed by atoms with van der Waals surface area (Å²) in [7, 11) is 6.40. The van der Waals surface area contributed by atoms with Crippen LogP contribution in [-0.4, -0.2) is 150 Å². The number of amides is 4. The van der Waals surface area contributed by atoms with Gasteiger partial charge in [0.25, 0.3) is 0 Å². The van der Waals surface area contributed by atoms with Crippen molar-refractivity contribution in [2.45, 2.75) is 26.2 Å². The third-order valence-corrected chi connectivity index (χ3v) is 11.1. The first-order chi connectivity index (χ1) is 31.2. The zero-order valence-corrected chi connectivity index (χ0v) is 37.6. The van der Waals surface area contributed by atoms with Crippen LogP contribution in [-0.2, 0) is 45.4 Å². The van der Waals surface area contributed by atoms with Crippen molar-refractivity contribution in [2.24, 2.45) is 0 Å². The average molecular weight is 881 g/mol. The van der Waals surface area contributed by atoms with Crippen LogP contribution < -0.4 is 40.2 Å². The summed E-state index contributed by atoms with van der Waals surface area (Å²) in [5, 5.41) is 12.2. The molecule has 0 unspecified atom stereocenters. The second kappa shape index (κ2) is 26.4. The van der Waals surface area contributed by atoms with Crippen LogP contribution in [0, 0.1) is 0 Å². The van der Waals surface area contributed by atoms with Crippen molar-refractivity contribution in [3.05, 3.63) is 119 Å². The highest BCUT2D eigenvalue weighted by atomic mass is 16.5. The molecule has 4 aromatic rings. The van der Waals surface area contributed by atoms with Gasteiger partial charge in [-0.05, 0) is 24.3 Å². The predicted molar refractivity (Wildman–Crippen MR) is 245 cm³/mol. The normalized spacial score (nSPS) is 14.6. The SMILES string of the molecule is COc1ccccc1CNC(=O)CN1CCN(CC(=O)NCc2ccccc2OC)CCN(CC(=O)NCc2ccccc2OC)CCN(CC(=O)NCc2ccccc2OC)CC1. The first kappa shape index (κ1) is 48.8. The van der Waals surface area contributed by atoms with Crippen molar-refractivity contribution in [1.82, 2.24) is 40.9 Å². The molecule has 0 bridgehead atoms. The summed E-state index contributed by atoms with van der Waals surface area (Å²) in [5.41, 5.74) is 3.45. The van der Waals surface area contributed by atoms with Crippen LogP contribution >= 0.6 is 0 Å². The number of benzene rings is 4. The Morgan fingerprint density at radius 3 is 0.734 bits per heavy atom. The molecule has 0 radical (unpaired) electrons. The standard InChI is InChI=1S/C48H64N8O8/c1-61-41-17-9-5-13-37(41)29-49-45(57)33-53-21-23-54(34-46(58)50-30-38-14-6-10-18-42(38)62-2)25-27-56(36-48(60)52-32-40-16-8-12-20-44(40)64-4)28-26-55(24-22-53)35-47(59)51-31-39-15-7-11-19-43(39)63-3/h5-20H,21-36H2,1-4H3,(H,49,57)(H,50,58)(H,51,59)(H,52,60). The van der Waals surface area contributed by atoms with E-state index < -0.39 is 0 Å². The summed E-state index contributed by atoms with van der Waals surface area (Å²) in [6, 6.07) is 30.2. The monoisotopic (exact) mass is 880 g/mol. The highest BCUT2D eigenvalue weighted by Crippen LogP contribution is 2.19. The van der Waals surface area contributed by atoms with Gasteiger partial charge < -0.3 is 40.2 Å². The Labute approximate surface area is 377 Å². The van der Waals surface area contributed by atoms with E-state index in [-0.39, 0.29) is 49.8 Å². The van der Waals surface area contributed by atoms with Crippen LogP contribution in [0.1, 0.15) is 22.3 Å². The van der Waals surface area contributed by atoms with Gasteiger partial charge in [0.05, 0.1) is 54.6 Å². The Bertz CT molecular complexity index is 1790. The van der Waals surface area contributed by atoms with Crippen molar-refractivity contribution in [3.8, 4) is 23.0 Å². The number of hydrogen-bond acceptors (Lipinski definition) is 12. The molecule has 0 aliphatic carbocycles. The topological polar surface area (TPSA) is 166 Å². The molecule has 1 aliphatic heterocycles. The molecule has 16 heteroatoms. The zero-order valence-electron chi connectivity index (χ0n) is 37.6. The number of para-hydroxylation sites is 4. The number of hydrogen-bond donors (Lipinski definition) is 4. The number of methoxy groups -OCH3 is 4. The van der Waals surface area contributed by atoms with E-state index in [1.54, 1.807) is 28.4 Å². The Balaban J connectivity index is 1.31. The molecule has 0 aromatic heterocycles. The van der Waals surface area contributed by atoms with Gasteiger partial charge in [-0.2, -0.15) is 0 Å². The average Bonchev–Trinajstić information content (AvgIpc) is 3.32. The maximum atomic E-state index is 13.5. The number of carbonyl (C=O) groups excluding carboxylic acids is 4. The molecule has 0 atom stereocenters. The third-order valence-electron chi connectivity index (χ3n) is 11.1. The number of carbonyl (C=O) groups is 4. The summed E-state index contributed by atoms with van der Waals surface area (Å²) in [4.78, 5) is 62.3. The molecule has 16 nitrogen and oxygen atoms in total. The van der Waals surface area contributed by atoms with E-state index in [0.29, 0.717) is 102 Å². The first-order valence-corrected chi connectivity index (χ1v) is 21.6. The maximum Gasteiger partial charge on any atom is 0.234 e. The fourth-order valence-corrected chi connectivity index (χ4v) is 7.42. The smallest absolute Gasteiger partial charge is 0.234 e. The fourth-order valence-electron chi connectivity index (χ4n) is 7.42. The molecule has 1 fully saturated rings. The van der Waals surface area contributed by atoms with E-state index >= 15 is 0 Å². The summed E-state index contributed by atoms with van der Waals surface area (Å²) in [6.07, 6.45) is 0. The van der Waals surface area contributed by atoms with Gasteiger partial charge in [0.2, 0.25) is 23.6 Å². The minimum absolute atomic E-state index is 0.106. The Hall–Kier alpha value is -6.20. The Kier molecular flexibility index (Phi) is 20.2. The van der Waals surface area contributed by atoms with E-state index in [1.165, 1.54) is 0 Å². The minimum atomic E-state index is -0.162. The molecule has 1 heterocycles. The molecule has 64 heavy (non-hydrogen) atoms. The van der Waals surface area contributed by atoms with Crippen molar-refractivity contribution in [3.63, 3.8) is 0 Å². The lowest BCUT2D eigenvalue weighted by atomic mass is 10.2. The second-order valence-electron chi connectivity index (χ2n) is 15.5. The van der Waals surface area contributed by atoms with Gasteiger partial charge in [0.15, 0.2) is 0 Å². The number of rotatable bonds is 20. The Morgan fingerprint density at radius 1 is 0.359 bits per heavy atom. The summed E-state index contributed by atoms with van der Waals surface area (Å²) < 4.78 is 21.9. The maximum absolute atomic E-state index is 13.5. The van der Waals surface area contributed by atoms with Gasteiger partial charge in [-0.1, -0.05) is 72.8 Å². The van der Waals surface area contributed by atoms with Gasteiger partial charge in [0, 0.05) is 101 Å². The Morgan fingerprint density at radius 2 is 0.547 bits per heavy atom. The summed E-state index contributed by atoms with van der Waals surface area (Å²) >= 11 is 0. The molecule has 0 saturated carbocycles. The van der Waals surface area contributed by atoms with Crippen LogP contribution in [0.3, 0.4) is 0 Å². The molecular formula is C48H64N8O8. The van der Waals surface area contributed by atoms with Crippen LogP contribution in [0.4, 0.5) is 0 Å². The van der Waals surface area contributed by atoms with Gasteiger partial charge in [-0.25, -0.2) is 0 Å². The third kappa shape index (κ3) is 16.2. The molecule has 4 amide bonds. The number of ether oxygens (including phenoxy) is 4. The summed E-state index contributed by atoms with van der Waals surface area (Å²) in [6.45, 7) is 5.37. The van der Waals surface area contributed by atoms with Crippen molar-refractivity contribution in [1.29, 1.82) is 0 Å². The minimum Gasteiger partial charge on any atom is -0.496 e. The van der Waals surface area contributed by atoms with Gasteiger partial charge in [0.1, 0.15) is 23.0 Å². The molecular weight excluding hydrogens is 817 g/mol. The van der Waals surface area contributed by atoms with Crippen molar-refractivity contribution in [2.75, 3.05) is 107 Å². The van der Waals surface area contributed by atoms with Crippen molar-refractivity contribution < 1.29 is 38.1 Å². The predicted octanol–water partition coefficient (Wildman–Crippen LogP) is 2.51. The molecule has 344 valence electrons. The molecule has 0 spiro atoms. The van der Waals surface area contributed by atoms with E-state index in [9.17, 15) is 19.2 Å². The van der Waals surface area contributed by atoms with Crippen LogP contribution in [0.2, 0.25) is 0 Å². The van der Waals surface area contributed by atoms with E-state index in [2.05, 4.69) is 40.9 Å². The van der Waals surface area contributed by atoms with E-state index in [1.807, 2.05) is 97.1 Å². The largest absolute Gasteiger partial charge is 0.496 e. The molecule has 4 aromatic carbocycles. The second-order valence-corrected chi connectivity index (χ2v) is 15.5. The molecule has 1 aliphatic rings. The van der Waals surface area contributed by atoms with Gasteiger partial charge in [-0.3, -0.25) is 38.8 Å². The van der Waals surface area contributed by atoms with Crippen molar-refractivity contribution >= 4 is 23.6 Å². The lowest BCUT2D eigenvalue weighted by molar-refractivity contribution is -0.125. The van der Waals surface area contributed by atoms with Gasteiger partial charge in [-0.15, -0.1) is 0 Å². The molecule has 4 N–H and O–H groups in total. The molecule has 5 rings (SSSR count). The van der Waals surface area contributed by atoms with Gasteiger partial charge >= 0.3 is 0 Å². The molecule has 1 saturated heterocycles. The summed E-state index contributed by atoms with van der Waals surface area (Å²) in [5.74, 6) is 2.12. The highest BCUT2D eigenvalue weighted by Gasteiger charge is 2.22. The number of nitrogens with zero attached hydrogens (tertiary/aromatic N) is 4. The highest BCUT2D eigenvalue weighted by molar-refractivity contribution is 5.79. The fraction of sp³-hybridized carbons (Fsp3) is 0.417. The quantitative estimate of drug-likeness (QED) is 0.103. The zero-order chi connectivity index (χ0) is 45.5. The number of nitrogens with one attached hydrogen (secondary N) is 4. The van der Waals surface area contributed by atoms with Crippen LogP contribution in [0.15, 0.2) is 97.1 Å². The lowest BCUT2D eigenvalue weighted by Gasteiger charge is -2.33. The van der Waals surface area contributed by atoms with Crippen LogP contribution in [0.5, 0.6) is 23.0 Å².